The van der Waals surface area contributed by atoms with Gasteiger partial charge in [0.1, 0.15) is 5.69 Å². The number of hydrogen-bond donors (Lipinski definition) is 2. The first-order valence-corrected chi connectivity index (χ1v) is 8.60. The third-order valence-electron chi connectivity index (χ3n) is 4.31. The summed E-state index contributed by atoms with van der Waals surface area (Å²) in [5.41, 5.74) is 1.91. The predicted molar refractivity (Wildman–Crippen MR) is 98.9 cm³/mol. The van der Waals surface area contributed by atoms with Gasteiger partial charge in [-0.25, -0.2) is 9.97 Å². The molecule has 29 heavy (non-hydrogen) atoms. The van der Waals surface area contributed by atoms with E-state index in [4.69, 9.17) is 0 Å². The normalized spacial score (nSPS) is 12.7. The van der Waals surface area contributed by atoms with E-state index in [0.717, 1.165) is 5.56 Å². The molecule has 1 amide bonds. The van der Waals surface area contributed by atoms with Crippen LogP contribution in [0.1, 0.15) is 33.5 Å². The summed E-state index contributed by atoms with van der Waals surface area (Å²) >= 11 is 0. The first kappa shape index (κ1) is 18.6. The quantitative estimate of drug-likeness (QED) is 0.547. The summed E-state index contributed by atoms with van der Waals surface area (Å²) in [5.74, 6) is -1.52. The summed E-state index contributed by atoms with van der Waals surface area (Å²) in [6, 6.07) is 13.2. The Balaban J connectivity index is 1.74. The molecule has 2 heterocycles. The highest BCUT2D eigenvalue weighted by Crippen LogP contribution is 2.30. The lowest BCUT2D eigenvalue weighted by Gasteiger charge is -2.19. The van der Waals surface area contributed by atoms with Crippen LogP contribution in [0.15, 0.2) is 67.1 Å². The van der Waals surface area contributed by atoms with E-state index in [-0.39, 0.29) is 16.7 Å². The third kappa shape index (κ3) is 3.93. The summed E-state index contributed by atoms with van der Waals surface area (Å²) in [4.78, 5) is 26.4. The number of amides is 1. The monoisotopic (exact) mass is 397 g/mol. The van der Waals surface area contributed by atoms with Gasteiger partial charge in [-0.2, -0.15) is 13.2 Å². The molecule has 0 bridgehead atoms. The smallest absolute Gasteiger partial charge is 0.340 e. The second kappa shape index (κ2) is 7.34. The van der Waals surface area contributed by atoms with E-state index in [2.05, 4.69) is 25.3 Å². The number of alkyl halides is 3. The number of aromatic amines is 1. The van der Waals surface area contributed by atoms with Crippen molar-refractivity contribution in [2.24, 2.45) is 0 Å². The minimum Gasteiger partial charge on any atom is -0.340 e. The van der Waals surface area contributed by atoms with Crippen LogP contribution >= 0.6 is 0 Å². The van der Waals surface area contributed by atoms with Crippen molar-refractivity contribution >= 4 is 16.9 Å². The number of carbonyl (C=O) groups excluding carboxylic acids is 1. The summed E-state index contributed by atoms with van der Waals surface area (Å²) < 4.78 is 38.8. The zero-order valence-electron chi connectivity index (χ0n) is 14.8. The van der Waals surface area contributed by atoms with Crippen LogP contribution in [-0.2, 0) is 6.18 Å². The molecule has 0 radical (unpaired) electrons. The SMILES string of the molecule is O=C(NC(c1ccccc1)c1ccc2nc(C(F)(F)F)[nH]c2c1)c1cnccn1. The number of H-pyrrole nitrogens is 1. The van der Waals surface area contributed by atoms with Crippen molar-refractivity contribution in [3.63, 3.8) is 0 Å². The highest BCUT2D eigenvalue weighted by molar-refractivity contribution is 5.92. The van der Waals surface area contributed by atoms with E-state index in [0.29, 0.717) is 5.56 Å². The van der Waals surface area contributed by atoms with Crippen LogP contribution in [0.25, 0.3) is 11.0 Å². The van der Waals surface area contributed by atoms with E-state index < -0.39 is 23.9 Å². The second-order valence-electron chi connectivity index (χ2n) is 6.27. The van der Waals surface area contributed by atoms with Gasteiger partial charge in [-0.05, 0) is 23.3 Å². The van der Waals surface area contributed by atoms with E-state index in [1.165, 1.54) is 24.7 Å². The first-order valence-electron chi connectivity index (χ1n) is 8.60. The molecule has 6 nitrogen and oxygen atoms in total. The molecule has 1 unspecified atom stereocenters. The zero-order valence-corrected chi connectivity index (χ0v) is 14.8. The lowest BCUT2D eigenvalue weighted by molar-refractivity contribution is -0.144. The minimum atomic E-state index is -4.57. The van der Waals surface area contributed by atoms with Crippen LogP contribution in [-0.4, -0.2) is 25.8 Å². The molecule has 2 N–H and O–H groups in total. The second-order valence-corrected chi connectivity index (χ2v) is 6.27. The Hall–Kier alpha value is -3.75. The van der Waals surface area contributed by atoms with Gasteiger partial charge in [-0.1, -0.05) is 36.4 Å². The van der Waals surface area contributed by atoms with Crippen LogP contribution in [0, 0.1) is 0 Å². The Labute approximate surface area is 162 Å². The Morgan fingerprint density at radius 3 is 2.52 bits per heavy atom. The topological polar surface area (TPSA) is 83.6 Å². The van der Waals surface area contributed by atoms with Gasteiger partial charge in [-0.15, -0.1) is 0 Å². The Morgan fingerprint density at radius 1 is 1.03 bits per heavy atom. The van der Waals surface area contributed by atoms with Gasteiger partial charge >= 0.3 is 6.18 Å². The van der Waals surface area contributed by atoms with Gasteiger partial charge in [0.15, 0.2) is 0 Å². The lowest BCUT2D eigenvalue weighted by Crippen LogP contribution is -2.30. The van der Waals surface area contributed by atoms with Gasteiger partial charge in [0.25, 0.3) is 5.91 Å². The fraction of sp³-hybridized carbons (Fsp3) is 0.100. The average molecular weight is 397 g/mol. The Bertz CT molecular complexity index is 1140. The molecule has 1 atom stereocenters. The maximum Gasteiger partial charge on any atom is 0.449 e. The third-order valence-corrected chi connectivity index (χ3v) is 4.31. The molecule has 2 aromatic heterocycles. The Kier molecular flexibility index (Phi) is 4.71. The standard InChI is InChI=1S/C20H14F3N5O/c21-20(22,23)19-26-14-7-6-13(10-15(14)27-19)17(12-4-2-1-3-5-12)28-18(29)16-11-24-8-9-25-16/h1-11,17H,(H,26,27)(H,28,29). The molecule has 0 aliphatic heterocycles. The number of carbonyl (C=O) groups is 1. The lowest BCUT2D eigenvalue weighted by atomic mass is 9.98. The molecule has 0 spiro atoms. The van der Waals surface area contributed by atoms with Crippen molar-refractivity contribution in [3.05, 3.63) is 89.8 Å². The van der Waals surface area contributed by atoms with E-state index in [1.807, 2.05) is 30.3 Å². The van der Waals surface area contributed by atoms with Crippen LogP contribution in [0.3, 0.4) is 0 Å². The highest BCUT2D eigenvalue weighted by atomic mass is 19.4. The van der Waals surface area contributed by atoms with Crippen molar-refractivity contribution in [2.45, 2.75) is 12.2 Å². The molecule has 0 saturated carbocycles. The number of aromatic nitrogens is 4. The molecular formula is C20H14F3N5O. The van der Waals surface area contributed by atoms with Crippen molar-refractivity contribution in [1.29, 1.82) is 0 Å². The first-order chi connectivity index (χ1) is 13.9. The molecular weight excluding hydrogens is 383 g/mol. The molecule has 9 heteroatoms. The number of nitrogens with one attached hydrogen (secondary N) is 2. The minimum absolute atomic E-state index is 0.135. The number of fused-ring (bicyclic) bond motifs is 1. The van der Waals surface area contributed by atoms with Crippen molar-refractivity contribution in [3.8, 4) is 0 Å². The molecule has 0 aliphatic rings. The van der Waals surface area contributed by atoms with Crippen molar-refractivity contribution in [2.75, 3.05) is 0 Å². The summed E-state index contributed by atoms with van der Waals surface area (Å²) in [5, 5.41) is 2.87. The van der Waals surface area contributed by atoms with E-state index >= 15 is 0 Å². The van der Waals surface area contributed by atoms with Gasteiger partial charge in [0, 0.05) is 12.4 Å². The molecule has 0 saturated heterocycles. The maximum absolute atomic E-state index is 12.9. The molecule has 2 aromatic carbocycles. The molecule has 4 aromatic rings. The number of hydrogen-bond acceptors (Lipinski definition) is 4. The van der Waals surface area contributed by atoms with Crippen molar-refractivity contribution < 1.29 is 18.0 Å². The fourth-order valence-electron chi connectivity index (χ4n) is 2.97. The van der Waals surface area contributed by atoms with Gasteiger partial charge < -0.3 is 10.3 Å². The summed E-state index contributed by atoms with van der Waals surface area (Å²) in [7, 11) is 0. The van der Waals surface area contributed by atoms with E-state index in [1.54, 1.807) is 12.1 Å². The average Bonchev–Trinajstić information content (AvgIpc) is 3.17. The summed E-state index contributed by atoms with van der Waals surface area (Å²) in [6.07, 6.45) is -0.374. The van der Waals surface area contributed by atoms with Crippen LogP contribution < -0.4 is 5.32 Å². The fourth-order valence-corrected chi connectivity index (χ4v) is 2.97. The predicted octanol–water partition coefficient (Wildman–Crippen LogP) is 3.89. The summed E-state index contributed by atoms with van der Waals surface area (Å²) in [6.45, 7) is 0. The van der Waals surface area contributed by atoms with Gasteiger partial charge in [0.05, 0.1) is 23.3 Å². The molecule has 4 rings (SSSR count). The zero-order chi connectivity index (χ0) is 20.4. The van der Waals surface area contributed by atoms with Crippen LogP contribution in [0.2, 0.25) is 0 Å². The molecule has 0 aliphatic carbocycles. The Morgan fingerprint density at radius 2 is 1.83 bits per heavy atom. The van der Waals surface area contributed by atoms with Crippen molar-refractivity contribution in [1.82, 2.24) is 25.3 Å². The van der Waals surface area contributed by atoms with Gasteiger partial charge in [-0.3, -0.25) is 9.78 Å². The van der Waals surface area contributed by atoms with Crippen LogP contribution in [0.4, 0.5) is 13.2 Å². The number of rotatable bonds is 4. The maximum atomic E-state index is 12.9. The molecule has 146 valence electrons. The van der Waals surface area contributed by atoms with E-state index in [9.17, 15) is 18.0 Å². The molecule has 0 fully saturated rings. The number of benzene rings is 2. The largest absolute Gasteiger partial charge is 0.449 e. The van der Waals surface area contributed by atoms with Gasteiger partial charge in [0.2, 0.25) is 5.82 Å². The number of nitrogens with zero attached hydrogens (tertiary/aromatic N) is 3. The highest BCUT2D eigenvalue weighted by Gasteiger charge is 2.34. The number of halogens is 3. The van der Waals surface area contributed by atoms with Crippen LogP contribution in [0.5, 0.6) is 0 Å². The number of imidazole rings is 1.